The Hall–Kier alpha value is -2.30. The topological polar surface area (TPSA) is 67.0 Å². The number of amides is 1. The van der Waals surface area contributed by atoms with E-state index in [-0.39, 0.29) is 11.8 Å². The Labute approximate surface area is 161 Å². The van der Waals surface area contributed by atoms with Crippen molar-refractivity contribution in [2.24, 2.45) is 5.92 Å². The first-order chi connectivity index (χ1) is 13.2. The fourth-order valence-electron chi connectivity index (χ4n) is 3.83. The van der Waals surface area contributed by atoms with E-state index in [4.69, 9.17) is 4.74 Å². The molecule has 0 saturated heterocycles. The van der Waals surface area contributed by atoms with E-state index in [0.29, 0.717) is 0 Å². The molecule has 1 aromatic carbocycles. The van der Waals surface area contributed by atoms with Gasteiger partial charge in [-0.1, -0.05) is 44.7 Å². The van der Waals surface area contributed by atoms with Gasteiger partial charge in [-0.05, 0) is 49.8 Å². The van der Waals surface area contributed by atoms with Crippen LogP contribution in [0.4, 0.5) is 5.69 Å². The highest BCUT2D eigenvalue weighted by Gasteiger charge is 2.23. The molecular formula is C22H31N3O2. The molecule has 1 aromatic heterocycles. The molecule has 3 rings (SSSR count). The first kappa shape index (κ1) is 19.5. The second kappa shape index (κ2) is 9.58. The number of rotatable bonds is 8. The van der Waals surface area contributed by atoms with Crippen LogP contribution >= 0.6 is 0 Å². The number of nitrogens with zero attached hydrogens (tertiary/aromatic N) is 1. The monoisotopic (exact) mass is 369 g/mol. The van der Waals surface area contributed by atoms with Gasteiger partial charge in [-0.2, -0.15) is 5.10 Å². The third-order valence-electron chi connectivity index (χ3n) is 5.45. The van der Waals surface area contributed by atoms with Crippen LogP contribution in [-0.2, 0) is 24.1 Å². The van der Waals surface area contributed by atoms with E-state index in [0.717, 1.165) is 74.2 Å². The molecule has 0 radical (unpaired) electrons. The SMILES string of the molecule is CCCc1[nH]nc(CCc2ccc(OC)cc2)c1NC(=O)C1CCCCC1. The summed E-state index contributed by atoms with van der Waals surface area (Å²) in [5, 5.41) is 10.9. The molecule has 0 spiro atoms. The van der Waals surface area contributed by atoms with E-state index in [1.54, 1.807) is 7.11 Å². The van der Waals surface area contributed by atoms with Crippen molar-refractivity contribution in [1.82, 2.24) is 10.2 Å². The summed E-state index contributed by atoms with van der Waals surface area (Å²) in [6.45, 7) is 2.14. The van der Waals surface area contributed by atoms with Crippen molar-refractivity contribution in [2.45, 2.75) is 64.7 Å². The second-order valence-corrected chi connectivity index (χ2v) is 7.45. The highest BCUT2D eigenvalue weighted by molar-refractivity contribution is 5.93. The molecule has 1 amide bonds. The minimum atomic E-state index is 0.151. The van der Waals surface area contributed by atoms with E-state index < -0.39 is 0 Å². The van der Waals surface area contributed by atoms with E-state index in [2.05, 4.69) is 34.6 Å². The second-order valence-electron chi connectivity index (χ2n) is 7.45. The molecule has 1 saturated carbocycles. The molecule has 1 heterocycles. The number of carbonyl (C=O) groups excluding carboxylic acids is 1. The lowest BCUT2D eigenvalue weighted by Crippen LogP contribution is -2.25. The Morgan fingerprint density at radius 3 is 2.56 bits per heavy atom. The number of benzene rings is 1. The summed E-state index contributed by atoms with van der Waals surface area (Å²) in [5.74, 6) is 1.18. The van der Waals surface area contributed by atoms with Crippen LogP contribution in [0.25, 0.3) is 0 Å². The number of hydrogen-bond acceptors (Lipinski definition) is 3. The lowest BCUT2D eigenvalue weighted by Gasteiger charge is -2.21. The Bertz CT molecular complexity index is 731. The van der Waals surface area contributed by atoms with E-state index in [1.807, 2.05) is 12.1 Å². The van der Waals surface area contributed by atoms with Gasteiger partial charge in [0.25, 0.3) is 0 Å². The van der Waals surface area contributed by atoms with Crippen molar-refractivity contribution >= 4 is 11.6 Å². The summed E-state index contributed by atoms with van der Waals surface area (Å²) >= 11 is 0. The molecule has 146 valence electrons. The largest absolute Gasteiger partial charge is 0.497 e. The quantitative estimate of drug-likeness (QED) is 0.710. The molecule has 0 atom stereocenters. The standard InChI is InChI=1S/C22H31N3O2/c1-3-7-19-21(23-22(26)17-8-5-4-6-9-17)20(25-24-19)15-12-16-10-13-18(27-2)14-11-16/h10-11,13-14,17H,3-9,12,15H2,1-2H3,(H,23,26)(H,24,25). The van der Waals surface area contributed by atoms with Gasteiger partial charge in [0.15, 0.2) is 0 Å². The smallest absolute Gasteiger partial charge is 0.227 e. The molecule has 0 bridgehead atoms. The van der Waals surface area contributed by atoms with Crippen molar-refractivity contribution in [3.05, 3.63) is 41.2 Å². The van der Waals surface area contributed by atoms with Gasteiger partial charge in [-0.25, -0.2) is 0 Å². The van der Waals surface area contributed by atoms with Crippen LogP contribution in [0.2, 0.25) is 0 Å². The summed E-state index contributed by atoms with van der Waals surface area (Å²) in [5.41, 5.74) is 4.16. The Kier molecular flexibility index (Phi) is 6.91. The fourth-order valence-corrected chi connectivity index (χ4v) is 3.83. The maximum Gasteiger partial charge on any atom is 0.227 e. The summed E-state index contributed by atoms with van der Waals surface area (Å²) in [6, 6.07) is 8.12. The van der Waals surface area contributed by atoms with Crippen LogP contribution in [-0.4, -0.2) is 23.2 Å². The Balaban J connectivity index is 1.69. The van der Waals surface area contributed by atoms with Gasteiger partial charge in [-0.3, -0.25) is 9.89 Å². The van der Waals surface area contributed by atoms with Gasteiger partial charge in [0.2, 0.25) is 5.91 Å². The van der Waals surface area contributed by atoms with Crippen LogP contribution < -0.4 is 10.1 Å². The number of aryl methyl sites for hydroxylation is 3. The minimum absolute atomic E-state index is 0.151. The number of methoxy groups -OCH3 is 1. The summed E-state index contributed by atoms with van der Waals surface area (Å²) < 4.78 is 5.22. The first-order valence-electron chi connectivity index (χ1n) is 10.2. The van der Waals surface area contributed by atoms with Crippen LogP contribution in [0, 0.1) is 5.92 Å². The molecule has 0 unspecified atom stereocenters. The summed E-state index contributed by atoms with van der Waals surface area (Å²) in [6.07, 6.45) is 9.19. The maximum atomic E-state index is 12.8. The predicted molar refractivity (Wildman–Crippen MR) is 108 cm³/mol. The van der Waals surface area contributed by atoms with Crippen LogP contribution in [0.5, 0.6) is 5.75 Å². The number of H-pyrrole nitrogens is 1. The number of nitrogens with one attached hydrogen (secondary N) is 2. The van der Waals surface area contributed by atoms with Crippen molar-refractivity contribution in [1.29, 1.82) is 0 Å². The summed E-state index contributed by atoms with van der Waals surface area (Å²) in [7, 11) is 1.68. The number of aromatic amines is 1. The molecule has 0 aliphatic heterocycles. The number of hydrogen-bond donors (Lipinski definition) is 2. The van der Waals surface area contributed by atoms with Crippen LogP contribution in [0.1, 0.15) is 62.4 Å². The van der Waals surface area contributed by atoms with E-state index in [9.17, 15) is 4.79 Å². The minimum Gasteiger partial charge on any atom is -0.497 e. The lowest BCUT2D eigenvalue weighted by atomic mass is 9.88. The van der Waals surface area contributed by atoms with Gasteiger partial charge >= 0.3 is 0 Å². The average Bonchev–Trinajstić information content (AvgIpc) is 3.09. The van der Waals surface area contributed by atoms with Crippen LogP contribution in [0.3, 0.4) is 0 Å². The molecule has 27 heavy (non-hydrogen) atoms. The third-order valence-corrected chi connectivity index (χ3v) is 5.45. The fraction of sp³-hybridized carbons (Fsp3) is 0.545. The molecule has 5 nitrogen and oxygen atoms in total. The maximum absolute atomic E-state index is 12.8. The lowest BCUT2D eigenvalue weighted by molar-refractivity contribution is -0.120. The van der Waals surface area contributed by atoms with Gasteiger partial charge in [0.1, 0.15) is 5.75 Å². The van der Waals surface area contributed by atoms with Crippen LogP contribution in [0.15, 0.2) is 24.3 Å². The number of carbonyl (C=O) groups is 1. The van der Waals surface area contributed by atoms with Gasteiger partial charge < -0.3 is 10.1 Å². The van der Waals surface area contributed by atoms with Crippen molar-refractivity contribution in [3.8, 4) is 5.75 Å². The highest BCUT2D eigenvalue weighted by Crippen LogP contribution is 2.27. The Morgan fingerprint density at radius 2 is 1.89 bits per heavy atom. The molecule has 1 aliphatic rings. The molecule has 1 fully saturated rings. The van der Waals surface area contributed by atoms with Gasteiger partial charge in [-0.15, -0.1) is 0 Å². The zero-order chi connectivity index (χ0) is 19.1. The number of ether oxygens (including phenoxy) is 1. The van der Waals surface area contributed by atoms with Crippen molar-refractivity contribution in [3.63, 3.8) is 0 Å². The molecule has 1 aliphatic carbocycles. The molecular weight excluding hydrogens is 338 g/mol. The summed E-state index contributed by atoms with van der Waals surface area (Å²) in [4.78, 5) is 12.8. The number of anilines is 1. The number of aromatic nitrogens is 2. The molecule has 2 aromatic rings. The Morgan fingerprint density at radius 1 is 1.15 bits per heavy atom. The average molecular weight is 370 g/mol. The normalized spacial score (nSPS) is 14.9. The first-order valence-corrected chi connectivity index (χ1v) is 10.2. The predicted octanol–water partition coefficient (Wildman–Crippen LogP) is 4.67. The zero-order valence-electron chi connectivity index (χ0n) is 16.5. The van der Waals surface area contributed by atoms with Gasteiger partial charge in [0.05, 0.1) is 24.2 Å². The van der Waals surface area contributed by atoms with E-state index >= 15 is 0 Å². The third kappa shape index (κ3) is 5.12. The molecule has 2 N–H and O–H groups in total. The molecule has 5 heteroatoms. The zero-order valence-corrected chi connectivity index (χ0v) is 16.5. The van der Waals surface area contributed by atoms with Crippen molar-refractivity contribution in [2.75, 3.05) is 12.4 Å². The highest BCUT2D eigenvalue weighted by atomic mass is 16.5. The van der Waals surface area contributed by atoms with Crippen molar-refractivity contribution < 1.29 is 9.53 Å². The van der Waals surface area contributed by atoms with Gasteiger partial charge in [0, 0.05) is 5.92 Å². The van der Waals surface area contributed by atoms with E-state index in [1.165, 1.54) is 12.0 Å².